The summed E-state index contributed by atoms with van der Waals surface area (Å²) in [6.45, 7) is 2.20. The van der Waals surface area contributed by atoms with Crippen LogP contribution in [-0.2, 0) is 11.4 Å². The minimum absolute atomic E-state index is 0.0241. The molecule has 152 valence electrons. The maximum absolute atomic E-state index is 13.8. The number of hydrogen-bond donors (Lipinski definition) is 1. The van der Waals surface area contributed by atoms with Crippen LogP contribution in [0.1, 0.15) is 24.5 Å². The molecule has 0 aliphatic carbocycles. The van der Waals surface area contributed by atoms with Crippen molar-refractivity contribution in [1.29, 1.82) is 0 Å². The van der Waals surface area contributed by atoms with Gasteiger partial charge in [-0.15, -0.1) is 0 Å². The van der Waals surface area contributed by atoms with Crippen molar-refractivity contribution < 1.29 is 23.5 Å². The van der Waals surface area contributed by atoms with E-state index in [0.29, 0.717) is 29.8 Å². The molecule has 1 N–H and O–H groups in total. The summed E-state index contributed by atoms with van der Waals surface area (Å²) in [6.07, 6.45) is 2.19. The molecule has 6 nitrogen and oxygen atoms in total. The van der Waals surface area contributed by atoms with Gasteiger partial charge in [0, 0.05) is 12.1 Å². The third kappa shape index (κ3) is 4.51. The second-order valence-corrected chi connectivity index (χ2v) is 6.77. The highest BCUT2D eigenvalue weighted by atomic mass is 35.5. The lowest BCUT2D eigenvalue weighted by atomic mass is 10.1. The number of ether oxygens (including phenoxy) is 2. The Bertz CT molecular complexity index is 977. The predicted molar refractivity (Wildman–Crippen MR) is 107 cm³/mol. The van der Waals surface area contributed by atoms with Crippen LogP contribution >= 0.6 is 11.6 Å². The summed E-state index contributed by atoms with van der Waals surface area (Å²) in [7, 11) is 1.45. The van der Waals surface area contributed by atoms with Crippen LogP contribution in [0.3, 0.4) is 0 Å². The monoisotopic (exact) mass is 418 g/mol. The van der Waals surface area contributed by atoms with Crippen LogP contribution in [0.4, 0.5) is 9.18 Å². The summed E-state index contributed by atoms with van der Waals surface area (Å²) < 4.78 is 24.8. The van der Waals surface area contributed by atoms with Crippen LogP contribution < -0.4 is 14.8 Å². The second kappa shape index (κ2) is 8.96. The van der Waals surface area contributed by atoms with Gasteiger partial charge in [0.1, 0.15) is 18.1 Å². The first-order valence-electron chi connectivity index (χ1n) is 9.02. The highest BCUT2D eigenvalue weighted by Gasteiger charge is 2.32. The van der Waals surface area contributed by atoms with Crippen LogP contribution in [0.25, 0.3) is 6.08 Å². The van der Waals surface area contributed by atoms with Crippen molar-refractivity contribution in [1.82, 2.24) is 10.2 Å². The van der Waals surface area contributed by atoms with E-state index in [9.17, 15) is 14.0 Å². The number of benzene rings is 2. The zero-order valence-corrected chi connectivity index (χ0v) is 16.8. The Morgan fingerprint density at radius 1 is 1.24 bits per heavy atom. The van der Waals surface area contributed by atoms with E-state index in [-0.39, 0.29) is 28.9 Å². The van der Waals surface area contributed by atoms with Gasteiger partial charge < -0.3 is 14.8 Å². The fourth-order valence-electron chi connectivity index (χ4n) is 2.89. The first-order valence-corrected chi connectivity index (χ1v) is 9.40. The van der Waals surface area contributed by atoms with Crippen LogP contribution in [0.5, 0.6) is 11.5 Å². The standard InChI is InChI=1S/C21H20ClFN2O4/c1-3-8-25-20(26)17(24-21(25)27)10-13-9-15(22)19(18(11-13)28-2)29-12-14-6-4-5-7-16(14)23/h4-7,9-11H,3,8,12H2,1-2H3,(H,24,27)/b17-10+. The lowest BCUT2D eigenvalue weighted by molar-refractivity contribution is -0.122. The maximum atomic E-state index is 13.8. The van der Waals surface area contributed by atoms with E-state index in [0.717, 1.165) is 4.90 Å². The summed E-state index contributed by atoms with van der Waals surface area (Å²) in [5.74, 6) is -0.195. The van der Waals surface area contributed by atoms with E-state index >= 15 is 0 Å². The molecular formula is C21H20ClFN2O4. The molecule has 3 amide bonds. The van der Waals surface area contributed by atoms with E-state index in [4.69, 9.17) is 21.1 Å². The van der Waals surface area contributed by atoms with Gasteiger partial charge in [0.25, 0.3) is 5.91 Å². The van der Waals surface area contributed by atoms with Crippen LogP contribution in [0, 0.1) is 5.82 Å². The van der Waals surface area contributed by atoms with Crippen LogP contribution in [-0.4, -0.2) is 30.5 Å². The Balaban J connectivity index is 1.84. The Labute approximate surface area is 172 Å². The molecule has 0 unspecified atom stereocenters. The normalized spacial score (nSPS) is 15.0. The lowest BCUT2D eigenvalue weighted by Gasteiger charge is -2.14. The minimum Gasteiger partial charge on any atom is -0.493 e. The smallest absolute Gasteiger partial charge is 0.329 e. The van der Waals surface area contributed by atoms with Gasteiger partial charge in [-0.2, -0.15) is 0 Å². The number of imide groups is 1. The molecule has 1 aliphatic heterocycles. The minimum atomic E-state index is -0.453. The quantitative estimate of drug-likeness (QED) is 0.535. The van der Waals surface area contributed by atoms with Gasteiger partial charge in [-0.3, -0.25) is 9.69 Å². The zero-order valence-electron chi connectivity index (χ0n) is 16.0. The molecule has 3 rings (SSSR count). The fourth-order valence-corrected chi connectivity index (χ4v) is 3.17. The highest BCUT2D eigenvalue weighted by Crippen LogP contribution is 2.37. The topological polar surface area (TPSA) is 67.9 Å². The highest BCUT2D eigenvalue weighted by molar-refractivity contribution is 6.32. The third-order valence-electron chi connectivity index (χ3n) is 4.30. The summed E-state index contributed by atoms with van der Waals surface area (Å²) >= 11 is 6.34. The van der Waals surface area contributed by atoms with Gasteiger partial charge in [-0.05, 0) is 36.3 Å². The Morgan fingerprint density at radius 2 is 2.00 bits per heavy atom. The van der Waals surface area contributed by atoms with E-state index < -0.39 is 11.9 Å². The van der Waals surface area contributed by atoms with Gasteiger partial charge in [-0.25, -0.2) is 9.18 Å². The Morgan fingerprint density at radius 3 is 2.69 bits per heavy atom. The SMILES string of the molecule is CCCN1C(=O)N/C(=C/c2cc(Cl)c(OCc3ccccc3F)c(OC)c2)C1=O. The zero-order chi connectivity index (χ0) is 21.0. The Hall–Kier alpha value is -3.06. The average Bonchev–Trinajstić information content (AvgIpc) is 2.95. The van der Waals surface area contributed by atoms with Gasteiger partial charge in [0.2, 0.25) is 0 Å². The van der Waals surface area contributed by atoms with Gasteiger partial charge in [0.05, 0.1) is 12.1 Å². The lowest BCUT2D eigenvalue weighted by Crippen LogP contribution is -2.31. The number of rotatable bonds is 7. The number of carbonyl (C=O) groups is 2. The molecule has 2 aromatic rings. The van der Waals surface area contributed by atoms with Crippen LogP contribution in [0.2, 0.25) is 5.02 Å². The number of halogens is 2. The molecule has 1 fully saturated rings. The van der Waals surface area contributed by atoms with E-state index in [1.165, 1.54) is 19.3 Å². The number of amides is 3. The number of nitrogens with zero attached hydrogens (tertiary/aromatic N) is 1. The molecule has 0 aromatic heterocycles. The van der Waals surface area contributed by atoms with Gasteiger partial charge in [0.15, 0.2) is 11.5 Å². The number of hydrogen-bond acceptors (Lipinski definition) is 4. The molecule has 0 spiro atoms. The van der Waals surface area contributed by atoms with Crippen molar-refractivity contribution in [3.05, 3.63) is 64.1 Å². The van der Waals surface area contributed by atoms with E-state index in [1.807, 2.05) is 6.92 Å². The van der Waals surface area contributed by atoms with Crippen molar-refractivity contribution in [2.45, 2.75) is 20.0 Å². The molecule has 0 saturated carbocycles. The molecule has 8 heteroatoms. The summed E-state index contributed by atoms with van der Waals surface area (Å²) in [5, 5.41) is 2.78. The summed E-state index contributed by atoms with van der Waals surface area (Å²) in [5.41, 5.74) is 1.08. The molecule has 1 aliphatic rings. The largest absolute Gasteiger partial charge is 0.493 e. The van der Waals surface area contributed by atoms with Crippen molar-refractivity contribution >= 4 is 29.6 Å². The number of methoxy groups -OCH3 is 1. The van der Waals surface area contributed by atoms with Gasteiger partial charge in [-0.1, -0.05) is 36.7 Å². The predicted octanol–water partition coefficient (Wildman–Crippen LogP) is 4.37. The average molecular weight is 419 g/mol. The molecule has 0 bridgehead atoms. The van der Waals surface area contributed by atoms with Gasteiger partial charge >= 0.3 is 6.03 Å². The molecular weight excluding hydrogens is 399 g/mol. The number of nitrogens with one attached hydrogen (secondary N) is 1. The van der Waals surface area contributed by atoms with E-state index in [1.54, 1.807) is 30.3 Å². The Kier molecular flexibility index (Phi) is 6.39. The molecule has 1 saturated heterocycles. The first-order chi connectivity index (χ1) is 13.9. The molecule has 29 heavy (non-hydrogen) atoms. The van der Waals surface area contributed by atoms with Crippen molar-refractivity contribution in [2.24, 2.45) is 0 Å². The summed E-state index contributed by atoms with van der Waals surface area (Å²) in [6, 6.07) is 9.02. The molecule has 1 heterocycles. The van der Waals surface area contributed by atoms with Crippen molar-refractivity contribution in [3.63, 3.8) is 0 Å². The molecule has 2 aromatic carbocycles. The summed E-state index contributed by atoms with van der Waals surface area (Å²) in [4.78, 5) is 25.4. The first kappa shape index (κ1) is 20.7. The fraction of sp³-hybridized carbons (Fsp3) is 0.238. The van der Waals surface area contributed by atoms with E-state index in [2.05, 4.69) is 5.32 Å². The molecule has 0 atom stereocenters. The second-order valence-electron chi connectivity index (χ2n) is 6.36. The third-order valence-corrected chi connectivity index (χ3v) is 4.58. The number of urea groups is 1. The van der Waals surface area contributed by atoms with Crippen molar-refractivity contribution in [3.8, 4) is 11.5 Å². The van der Waals surface area contributed by atoms with Crippen molar-refractivity contribution in [2.75, 3.05) is 13.7 Å². The molecule has 0 radical (unpaired) electrons. The number of carbonyl (C=O) groups excluding carboxylic acids is 2. The maximum Gasteiger partial charge on any atom is 0.329 e. The van der Waals surface area contributed by atoms with Crippen LogP contribution in [0.15, 0.2) is 42.1 Å².